The minimum absolute atomic E-state index is 0.208. The first-order valence-corrected chi connectivity index (χ1v) is 11.0. The summed E-state index contributed by atoms with van der Waals surface area (Å²) in [4.78, 5) is 30.7. The van der Waals surface area contributed by atoms with Crippen LogP contribution in [0.2, 0.25) is 0 Å². The fourth-order valence-corrected chi connectivity index (χ4v) is 3.95. The maximum Gasteiger partial charge on any atom is 0.410 e. The number of carbonyl (C=O) groups is 2. The normalized spacial score (nSPS) is 16.6. The fourth-order valence-electron chi connectivity index (χ4n) is 3.29. The number of amides is 2. The number of nitrogens with zero attached hydrogens (tertiary/aromatic N) is 3. The fraction of sp³-hybridized carbons (Fsp3) is 0.524. The summed E-state index contributed by atoms with van der Waals surface area (Å²) in [6.07, 6.45) is 3.13. The van der Waals surface area contributed by atoms with Crippen molar-refractivity contribution in [3.05, 3.63) is 29.6 Å². The average molecular weight is 448 g/mol. The smallest absolute Gasteiger partial charge is 0.410 e. The molecular weight excluding hydrogens is 418 g/mol. The Hall–Kier alpha value is -2.88. The second-order valence-electron chi connectivity index (χ2n) is 8.59. The Bertz CT molecular complexity index is 903. The molecule has 9 nitrogen and oxygen atoms in total. The third-order valence-electron chi connectivity index (χ3n) is 4.75. The molecule has 0 aromatic carbocycles. The Kier molecular flexibility index (Phi) is 6.99. The summed E-state index contributed by atoms with van der Waals surface area (Å²) in [6.45, 7) is 9.07. The summed E-state index contributed by atoms with van der Waals surface area (Å²) >= 11 is 1.10. The molecule has 3 heterocycles. The van der Waals surface area contributed by atoms with Gasteiger partial charge < -0.3 is 25.4 Å². The SMILES string of the molecule is Cc1nsc(N)c1C(=O)Nc1ccc(OCC2CCCN(C(=O)OC(C)(C)C)C2)nc1. The van der Waals surface area contributed by atoms with Crippen molar-refractivity contribution in [2.45, 2.75) is 46.1 Å². The summed E-state index contributed by atoms with van der Waals surface area (Å²) in [6, 6.07) is 3.42. The van der Waals surface area contributed by atoms with Gasteiger partial charge in [0.05, 0.1) is 29.7 Å². The van der Waals surface area contributed by atoms with E-state index in [-0.39, 0.29) is 17.9 Å². The van der Waals surface area contributed by atoms with Crippen LogP contribution in [0.1, 0.15) is 49.7 Å². The van der Waals surface area contributed by atoms with Crippen LogP contribution in [-0.2, 0) is 4.74 Å². The van der Waals surface area contributed by atoms with E-state index in [0.717, 1.165) is 24.4 Å². The lowest BCUT2D eigenvalue weighted by Crippen LogP contribution is -2.44. The molecule has 1 saturated heterocycles. The first kappa shape index (κ1) is 22.8. The molecule has 3 rings (SSSR count). The Morgan fingerprint density at radius 1 is 1.35 bits per heavy atom. The molecule has 0 saturated carbocycles. The number of rotatable bonds is 5. The van der Waals surface area contributed by atoms with Crippen LogP contribution in [0.25, 0.3) is 0 Å². The van der Waals surface area contributed by atoms with Gasteiger partial charge in [-0.05, 0) is 58.1 Å². The second kappa shape index (κ2) is 9.51. The summed E-state index contributed by atoms with van der Waals surface area (Å²) in [5.74, 6) is 0.350. The summed E-state index contributed by atoms with van der Waals surface area (Å²) in [5, 5.41) is 3.15. The Balaban J connectivity index is 1.50. The van der Waals surface area contributed by atoms with E-state index in [9.17, 15) is 9.59 Å². The minimum Gasteiger partial charge on any atom is -0.477 e. The second-order valence-corrected chi connectivity index (χ2v) is 9.40. The van der Waals surface area contributed by atoms with E-state index in [0.29, 0.717) is 47.5 Å². The molecule has 0 radical (unpaired) electrons. The standard InChI is InChI=1S/C21H29N5O4S/c1-13-17(18(22)31-25-13)19(27)24-15-7-8-16(23-10-15)29-12-14-6-5-9-26(11-14)20(28)30-21(2,3)4/h7-8,10,14H,5-6,9,11-12,22H2,1-4H3,(H,24,27). The van der Waals surface area contributed by atoms with E-state index in [1.54, 1.807) is 24.0 Å². The molecule has 0 aliphatic carbocycles. The number of nitrogens with two attached hydrogens (primary N) is 1. The molecule has 0 bridgehead atoms. The van der Waals surface area contributed by atoms with Gasteiger partial charge in [0.2, 0.25) is 5.88 Å². The lowest BCUT2D eigenvalue weighted by molar-refractivity contribution is 0.0138. The van der Waals surface area contributed by atoms with E-state index < -0.39 is 5.60 Å². The number of carbonyl (C=O) groups excluding carboxylic acids is 2. The highest BCUT2D eigenvalue weighted by Crippen LogP contribution is 2.23. The number of nitrogens with one attached hydrogen (secondary N) is 1. The lowest BCUT2D eigenvalue weighted by Gasteiger charge is -2.33. The van der Waals surface area contributed by atoms with Crippen molar-refractivity contribution in [2.24, 2.45) is 5.92 Å². The van der Waals surface area contributed by atoms with E-state index >= 15 is 0 Å². The number of pyridine rings is 1. The molecule has 31 heavy (non-hydrogen) atoms. The zero-order valence-corrected chi connectivity index (χ0v) is 19.1. The number of piperidine rings is 1. The number of likely N-dealkylation sites (tertiary alicyclic amines) is 1. The van der Waals surface area contributed by atoms with Crippen molar-refractivity contribution in [2.75, 3.05) is 30.7 Å². The van der Waals surface area contributed by atoms with Crippen molar-refractivity contribution >= 4 is 34.2 Å². The molecule has 3 N–H and O–H groups in total. The van der Waals surface area contributed by atoms with Gasteiger partial charge in [0.1, 0.15) is 10.6 Å². The van der Waals surface area contributed by atoms with Crippen LogP contribution in [0.4, 0.5) is 15.5 Å². The van der Waals surface area contributed by atoms with Gasteiger partial charge in [-0.1, -0.05) is 0 Å². The van der Waals surface area contributed by atoms with Crippen LogP contribution in [0.15, 0.2) is 18.3 Å². The van der Waals surface area contributed by atoms with E-state index in [1.807, 2.05) is 20.8 Å². The third kappa shape index (κ3) is 6.30. The molecule has 0 spiro atoms. The number of aromatic nitrogens is 2. The van der Waals surface area contributed by atoms with E-state index in [2.05, 4.69) is 14.7 Å². The Morgan fingerprint density at radius 3 is 2.74 bits per heavy atom. The van der Waals surface area contributed by atoms with Crippen LogP contribution in [0.3, 0.4) is 0 Å². The molecule has 1 aliphatic heterocycles. The average Bonchev–Trinajstić information content (AvgIpc) is 3.04. The number of hydrogen-bond donors (Lipinski definition) is 2. The number of ether oxygens (including phenoxy) is 2. The lowest BCUT2D eigenvalue weighted by atomic mass is 9.99. The van der Waals surface area contributed by atoms with Gasteiger partial charge in [-0.15, -0.1) is 0 Å². The summed E-state index contributed by atoms with van der Waals surface area (Å²) < 4.78 is 15.4. The highest BCUT2D eigenvalue weighted by molar-refractivity contribution is 7.10. The first-order chi connectivity index (χ1) is 14.6. The van der Waals surface area contributed by atoms with Gasteiger partial charge in [-0.2, -0.15) is 4.37 Å². The molecule has 1 aliphatic rings. The van der Waals surface area contributed by atoms with E-state index in [4.69, 9.17) is 15.2 Å². The highest BCUT2D eigenvalue weighted by Gasteiger charge is 2.28. The molecule has 2 amide bonds. The van der Waals surface area contributed by atoms with Crippen molar-refractivity contribution < 1.29 is 19.1 Å². The van der Waals surface area contributed by atoms with Crippen molar-refractivity contribution in [3.63, 3.8) is 0 Å². The van der Waals surface area contributed by atoms with Crippen molar-refractivity contribution in [1.82, 2.24) is 14.3 Å². The number of aryl methyl sites for hydroxylation is 1. The maximum absolute atomic E-state index is 12.4. The zero-order chi connectivity index (χ0) is 22.6. The Morgan fingerprint density at radius 2 is 2.13 bits per heavy atom. The topological polar surface area (TPSA) is 120 Å². The van der Waals surface area contributed by atoms with E-state index in [1.165, 1.54) is 6.20 Å². The Labute approximate surface area is 186 Å². The molecule has 2 aromatic heterocycles. The quantitative estimate of drug-likeness (QED) is 0.717. The highest BCUT2D eigenvalue weighted by atomic mass is 32.1. The number of anilines is 2. The van der Waals surface area contributed by atoms with Gasteiger partial charge in [0.15, 0.2) is 0 Å². The van der Waals surface area contributed by atoms with Gasteiger partial charge in [-0.3, -0.25) is 4.79 Å². The largest absolute Gasteiger partial charge is 0.477 e. The molecular formula is C21H29N5O4S. The van der Waals surface area contributed by atoms with Crippen LogP contribution in [0, 0.1) is 12.8 Å². The van der Waals surface area contributed by atoms with Gasteiger partial charge in [0, 0.05) is 25.1 Å². The first-order valence-electron chi connectivity index (χ1n) is 10.2. The minimum atomic E-state index is -0.508. The van der Waals surface area contributed by atoms with Crippen LogP contribution in [0.5, 0.6) is 5.88 Å². The molecule has 1 unspecified atom stereocenters. The van der Waals surface area contributed by atoms with Crippen molar-refractivity contribution in [3.8, 4) is 5.88 Å². The van der Waals surface area contributed by atoms with Crippen LogP contribution in [-0.4, -0.2) is 51.6 Å². The molecule has 1 atom stereocenters. The molecule has 1 fully saturated rings. The predicted octanol–water partition coefficient (Wildman–Crippen LogP) is 3.71. The van der Waals surface area contributed by atoms with Gasteiger partial charge in [-0.25, -0.2) is 9.78 Å². The van der Waals surface area contributed by atoms with Gasteiger partial charge in [0.25, 0.3) is 5.91 Å². The molecule has 168 valence electrons. The number of hydrogen-bond acceptors (Lipinski definition) is 8. The van der Waals surface area contributed by atoms with Crippen LogP contribution >= 0.6 is 11.5 Å². The molecule has 2 aromatic rings. The predicted molar refractivity (Wildman–Crippen MR) is 119 cm³/mol. The monoisotopic (exact) mass is 447 g/mol. The maximum atomic E-state index is 12.4. The molecule has 10 heteroatoms. The van der Waals surface area contributed by atoms with Gasteiger partial charge >= 0.3 is 6.09 Å². The number of nitrogen functional groups attached to an aromatic ring is 1. The summed E-state index contributed by atoms with van der Waals surface area (Å²) in [5.41, 5.74) is 6.83. The van der Waals surface area contributed by atoms with Crippen molar-refractivity contribution in [1.29, 1.82) is 0 Å². The van der Waals surface area contributed by atoms with Crippen LogP contribution < -0.4 is 15.8 Å². The zero-order valence-electron chi connectivity index (χ0n) is 18.3. The summed E-state index contributed by atoms with van der Waals surface area (Å²) in [7, 11) is 0. The third-order valence-corrected chi connectivity index (χ3v) is 5.51.